The fourth-order valence-corrected chi connectivity index (χ4v) is 3.56. The summed E-state index contributed by atoms with van der Waals surface area (Å²) in [5.74, 6) is -0.230. The standard InChI is InChI=1S/C18H22N4O2S/c23-17(20-18(24)19-13-16-7-4-12-25-16)14-21-8-10-22(11-9-21)15-5-2-1-3-6-15/h1-7,12H,8-11,13-14H2,(H2,19,20,23,24)/p+1. The third kappa shape index (κ3) is 5.30. The van der Waals surface area contributed by atoms with Crippen LogP contribution < -0.4 is 20.4 Å². The van der Waals surface area contributed by atoms with Gasteiger partial charge in [0.25, 0.3) is 5.91 Å². The van der Waals surface area contributed by atoms with Crippen LogP contribution in [-0.4, -0.2) is 44.7 Å². The molecule has 1 aliphatic heterocycles. The smallest absolute Gasteiger partial charge is 0.321 e. The second-order valence-corrected chi connectivity index (χ2v) is 7.09. The van der Waals surface area contributed by atoms with Gasteiger partial charge < -0.3 is 15.1 Å². The molecule has 1 aromatic carbocycles. The highest BCUT2D eigenvalue weighted by molar-refractivity contribution is 7.09. The van der Waals surface area contributed by atoms with Crippen molar-refractivity contribution >= 4 is 29.0 Å². The number of hydrogen-bond donors (Lipinski definition) is 3. The number of rotatable bonds is 5. The first-order chi connectivity index (χ1) is 12.2. The molecule has 0 unspecified atom stereocenters. The molecule has 25 heavy (non-hydrogen) atoms. The quantitative estimate of drug-likeness (QED) is 0.728. The molecule has 0 atom stereocenters. The summed E-state index contributed by atoms with van der Waals surface area (Å²) in [6.07, 6.45) is 0. The first kappa shape index (κ1) is 17.4. The van der Waals surface area contributed by atoms with Crippen LogP contribution in [0.1, 0.15) is 4.88 Å². The fraction of sp³-hybridized carbons (Fsp3) is 0.333. The molecule has 0 saturated carbocycles. The Kier molecular flexibility index (Phi) is 6.03. The number of amides is 3. The molecule has 2 aromatic rings. The maximum Gasteiger partial charge on any atom is 0.321 e. The van der Waals surface area contributed by atoms with Crippen molar-refractivity contribution in [2.24, 2.45) is 0 Å². The maximum absolute atomic E-state index is 12.0. The third-order valence-electron chi connectivity index (χ3n) is 4.26. The van der Waals surface area contributed by atoms with Gasteiger partial charge in [0, 0.05) is 10.6 Å². The van der Waals surface area contributed by atoms with Gasteiger partial charge in [0.2, 0.25) is 0 Å². The first-order valence-corrected chi connectivity index (χ1v) is 9.32. The van der Waals surface area contributed by atoms with Crippen LogP contribution in [0.3, 0.4) is 0 Å². The van der Waals surface area contributed by atoms with Crippen molar-refractivity contribution in [3.05, 3.63) is 52.7 Å². The molecule has 0 bridgehead atoms. The van der Waals surface area contributed by atoms with Gasteiger partial charge in [0.1, 0.15) is 0 Å². The lowest BCUT2D eigenvalue weighted by molar-refractivity contribution is -0.892. The largest absolute Gasteiger partial charge is 0.360 e. The number of hydrogen-bond acceptors (Lipinski definition) is 4. The van der Waals surface area contributed by atoms with Crippen molar-refractivity contribution in [3.63, 3.8) is 0 Å². The van der Waals surface area contributed by atoms with Gasteiger partial charge in [-0.25, -0.2) is 4.79 Å². The number of thiophene rings is 1. The van der Waals surface area contributed by atoms with Crippen molar-refractivity contribution in [1.29, 1.82) is 0 Å². The molecule has 7 heteroatoms. The molecule has 0 spiro atoms. The van der Waals surface area contributed by atoms with Crippen molar-refractivity contribution in [2.45, 2.75) is 6.54 Å². The van der Waals surface area contributed by atoms with E-state index in [0.29, 0.717) is 13.1 Å². The lowest BCUT2D eigenvalue weighted by Gasteiger charge is -2.33. The third-order valence-corrected chi connectivity index (χ3v) is 5.14. The van der Waals surface area contributed by atoms with Crippen molar-refractivity contribution in [2.75, 3.05) is 37.6 Å². The topological polar surface area (TPSA) is 65.9 Å². The van der Waals surface area contributed by atoms with E-state index in [-0.39, 0.29) is 5.91 Å². The molecule has 1 aliphatic rings. The molecule has 132 valence electrons. The lowest BCUT2D eigenvalue weighted by Crippen LogP contribution is -3.16. The summed E-state index contributed by atoms with van der Waals surface area (Å²) < 4.78 is 0. The van der Waals surface area contributed by atoms with E-state index in [1.807, 2.05) is 35.7 Å². The Bertz CT molecular complexity index is 682. The Balaban J connectivity index is 1.36. The number of urea groups is 1. The number of carbonyl (C=O) groups is 2. The molecule has 3 rings (SSSR count). The Morgan fingerprint density at radius 2 is 1.84 bits per heavy atom. The highest BCUT2D eigenvalue weighted by Crippen LogP contribution is 2.12. The van der Waals surface area contributed by atoms with Crippen LogP contribution in [0, 0.1) is 0 Å². The lowest BCUT2D eigenvalue weighted by atomic mass is 10.2. The molecule has 6 nitrogen and oxygen atoms in total. The molecule has 3 amide bonds. The summed E-state index contributed by atoms with van der Waals surface area (Å²) in [5.41, 5.74) is 1.22. The number of carbonyl (C=O) groups excluding carboxylic acids is 2. The number of anilines is 1. The van der Waals surface area contributed by atoms with Crippen LogP contribution in [0.25, 0.3) is 0 Å². The number of benzene rings is 1. The van der Waals surface area contributed by atoms with Gasteiger partial charge >= 0.3 is 6.03 Å². The van der Waals surface area contributed by atoms with E-state index in [1.165, 1.54) is 10.6 Å². The van der Waals surface area contributed by atoms with Crippen LogP contribution in [0.15, 0.2) is 47.8 Å². The van der Waals surface area contributed by atoms with Gasteiger partial charge in [0.15, 0.2) is 6.54 Å². The summed E-state index contributed by atoms with van der Waals surface area (Å²) in [6.45, 7) is 4.38. The van der Waals surface area contributed by atoms with Gasteiger partial charge in [-0.05, 0) is 23.6 Å². The zero-order valence-corrected chi connectivity index (χ0v) is 14.8. The van der Waals surface area contributed by atoms with Crippen LogP contribution in [0.2, 0.25) is 0 Å². The Morgan fingerprint density at radius 1 is 1.08 bits per heavy atom. The molecular weight excluding hydrogens is 336 g/mol. The molecule has 0 radical (unpaired) electrons. The summed E-state index contributed by atoms with van der Waals surface area (Å²) in [6, 6.07) is 13.8. The minimum atomic E-state index is -0.430. The minimum Gasteiger partial charge on any atom is -0.360 e. The average Bonchev–Trinajstić information content (AvgIpc) is 3.15. The number of nitrogens with zero attached hydrogens (tertiary/aromatic N) is 1. The van der Waals surface area contributed by atoms with Gasteiger partial charge in [-0.2, -0.15) is 0 Å². The van der Waals surface area contributed by atoms with E-state index in [1.54, 1.807) is 11.3 Å². The molecule has 1 saturated heterocycles. The monoisotopic (exact) mass is 359 g/mol. The van der Waals surface area contributed by atoms with Gasteiger partial charge in [-0.1, -0.05) is 24.3 Å². The molecule has 2 heterocycles. The normalized spacial score (nSPS) is 15.0. The number of nitrogens with one attached hydrogen (secondary N) is 3. The zero-order valence-electron chi connectivity index (χ0n) is 14.0. The second-order valence-electron chi connectivity index (χ2n) is 6.06. The zero-order chi connectivity index (χ0) is 17.5. The van der Waals surface area contributed by atoms with E-state index in [2.05, 4.69) is 27.7 Å². The van der Waals surface area contributed by atoms with Crippen LogP contribution in [0.5, 0.6) is 0 Å². The van der Waals surface area contributed by atoms with Gasteiger partial charge in [-0.3, -0.25) is 10.1 Å². The summed E-state index contributed by atoms with van der Waals surface area (Å²) in [7, 11) is 0. The SMILES string of the molecule is O=C(C[NH+]1CCN(c2ccccc2)CC1)NC(=O)NCc1cccs1. The molecule has 1 aromatic heterocycles. The minimum absolute atomic E-state index is 0.230. The van der Waals surface area contributed by atoms with Crippen molar-refractivity contribution < 1.29 is 14.5 Å². The van der Waals surface area contributed by atoms with E-state index in [4.69, 9.17) is 0 Å². The predicted octanol–water partition coefficient (Wildman–Crippen LogP) is 0.479. The van der Waals surface area contributed by atoms with E-state index >= 15 is 0 Å². The number of quaternary nitrogens is 1. The molecule has 3 N–H and O–H groups in total. The average molecular weight is 359 g/mol. The summed E-state index contributed by atoms with van der Waals surface area (Å²) >= 11 is 1.57. The second kappa shape index (κ2) is 8.64. The summed E-state index contributed by atoms with van der Waals surface area (Å²) in [4.78, 5) is 28.4. The van der Waals surface area contributed by atoms with E-state index in [0.717, 1.165) is 31.1 Å². The van der Waals surface area contributed by atoms with E-state index < -0.39 is 6.03 Å². The Labute approximate surface area is 151 Å². The van der Waals surface area contributed by atoms with Crippen LogP contribution in [-0.2, 0) is 11.3 Å². The van der Waals surface area contributed by atoms with Gasteiger partial charge in [0.05, 0.1) is 32.7 Å². The number of para-hydroxylation sites is 1. The maximum atomic E-state index is 12.0. The molecule has 0 aliphatic carbocycles. The Hall–Kier alpha value is -2.38. The fourth-order valence-electron chi connectivity index (χ4n) is 2.92. The number of piperazine rings is 1. The van der Waals surface area contributed by atoms with E-state index in [9.17, 15) is 9.59 Å². The summed E-state index contributed by atoms with van der Waals surface area (Å²) in [5, 5.41) is 7.07. The number of imide groups is 1. The predicted molar refractivity (Wildman–Crippen MR) is 98.9 cm³/mol. The Morgan fingerprint density at radius 3 is 2.52 bits per heavy atom. The van der Waals surface area contributed by atoms with Crippen LogP contribution >= 0.6 is 11.3 Å². The molecular formula is C18H23N4O2S+. The first-order valence-electron chi connectivity index (χ1n) is 8.44. The van der Waals surface area contributed by atoms with Crippen molar-refractivity contribution in [1.82, 2.24) is 10.6 Å². The van der Waals surface area contributed by atoms with Crippen molar-refractivity contribution in [3.8, 4) is 0 Å². The highest BCUT2D eigenvalue weighted by atomic mass is 32.1. The highest BCUT2D eigenvalue weighted by Gasteiger charge is 2.22. The van der Waals surface area contributed by atoms with Crippen LogP contribution in [0.4, 0.5) is 10.5 Å². The molecule has 1 fully saturated rings. The van der Waals surface area contributed by atoms with Gasteiger partial charge in [-0.15, -0.1) is 11.3 Å².